The highest BCUT2D eigenvalue weighted by Crippen LogP contribution is 2.27. The molecule has 24 heavy (non-hydrogen) atoms. The summed E-state index contributed by atoms with van der Waals surface area (Å²) in [4.78, 5) is 15.0. The van der Waals surface area contributed by atoms with Crippen molar-refractivity contribution in [3.05, 3.63) is 24.3 Å². The van der Waals surface area contributed by atoms with E-state index in [1.807, 2.05) is 12.1 Å². The van der Waals surface area contributed by atoms with Gasteiger partial charge in [0.05, 0.1) is 0 Å². The minimum atomic E-state index is -0.700. The first-order valence-corrected chi connectivity index (χ1v) is 8.16. The number of carbonyl (C=O) groups is 1. The largest absolute Gasteiger partial charge is 0.371 e. The van der Waals surface area contributed by atoms with E-state index in [0.717, 1.165) is 31.9 Å². The smallest absolute Gasteiger partial charge is 0.256 e. The van der Waals surface area contributed by atoms with Crippen LogP contribution in [0.1, 0.15) is 25.7 Å². The molecule has 5 nitrogen and oxygen atoms in total. The molecule has 0 atom stereocenters. The van der Waals surface area contributed by atoms with Gasteiger partial charge in [-0.3, -0.25) is 4.79 Å². The van der Waals surface area contributed by atoms with E-state index in [4.69, 9.17) is 4.74 Å². The zero-order valence-corrected chi connectivity index (χ0v) is 15.7. The minimum Gasteiger partial charge on any atom is -0.371 e. The monoisotopic (exact) mass is 375 g/mol. The Balaban J connectivity index is 0.00000144. The summed E-state index contributed by atoms with van der Waals surface area (Å²) >= 11 is 0. The van der Waals surface area contributed by atoms with E-state index < -0.39 is 5.60 Å². The molecule has 2 aliphatic rings. The fraction of sp³-hybridized carbons (Fsp3) is 0.588. The van der Waals surface area contributed by atoms with Crippen molar-refractivity contribution in [1.82, 2.24) is 5.32 Å². The summed E-state index contributed by atoms with van der Waals surface area (Å²) < 4.78 is 5.58. The van der Waals surface area contributed by atoms with Crippen molar-refractivity contribution in [2.45, 2.75) is 31.3 Å². The Hall–Kier alpha value is -1.01. The molecule has 0 aromatic heterocycles. The van der Waals surface area contributed by atoms with Gasteiger partial charge in [-0.2, -0.15) is 0 Å². The third-order valence-electron chi connectivity index (χ3n) is 4.79. The van der Waals surface area contributed by atoms with Crippen LogP contribution >= 0.6 is 24.8 Å². The first kappa shape index (κ1) is 21.0. The fourth-order valence-corrected chi connectivity index (χ4v) is 3.36. The number of ether oxygens (including phenoxy) is 1. The van der Waals surface area contributed by atoms with E-state index in [0.29, 0.717) is 12.8 Å². The van der Waals surface area contributed by atoms with Gasteiger partial charge in [0.25, 0.3) is 5.91 Å². The SMILES string of the molecule is COC1(C(=O)Nc2cccc(N3CCCC3)c2)CCNCC1.Cl.Cl. The second kappa shape index (κ2) is 9.47. The number of amides is 1. The normalized spacial score (nSPS) is 19.1. The Labute approximate surface area is 156 Å². The summed E-state index contributed by atoms with van der Waals surface area (Å²) in [6.45, 7) is 3.83. The van der Waals surface area contributed by atoms with Crippen molar-refractivity contribution in [2.75, 3.05) is 43.5 Å². The maximum atomic E-state index is 12.7. The van der Waals surface area contributed by atoms with Crippen molar-refractivity contribution in [3.63, 3.8) is 0 Å². The quantitative estimate of drug-likeness (QED) is 0.849. The molecule has 2 fully saturated rings. The van der Waals surface area contributed by atoms with Gasteiger partial charge in [-0.15, -0.1) is 24.8 Å². The number of carbonyl (C=O) groups excluding carboxylic acids is 1. The highest BCUT2D eigenvalue weighted by Gasteiger charge is 2.39. The lowest BCUT2D eigenvalue weighted by atomic mass is 9.91. The van der Waals surface area contributed by atoms with Crippen LogP contribution in [0.4, 0.5) is 11.4 Å². The fourth-order valence-electron chi connectivity index (χ4n) is 3.36. The van der Waals surface area contributed by atoms with E-state index in [1.54, 1.807) is 7.11 Å². The van der Waals surface area contributed by atoms with Gasteiger partial charge in [0.15, 0.2) is 0 Å². The van der Waals surface area contributed by atoms with Gasteiger partial charge in [-0.1, -0.05) is 6.07 Å². The van der Waals surface area contributed by atoms with Gasteiger partial charge >= 0.3 is 0 Å². The molecule has 3 rings (SSSR count). The Bertz CT molecular complexity index is 530. The summed E-state index contributed by atoms with van der Waals surface area (Å²) in [5, 5.41) is 6.32. The maximum absolute atomic E-state index is 12.7. The molecule has 0 bridgehead atoms. The lowest BCUT2D eigenvalue weighted by molar-refractivity contribution is -0.140. The van der Waals surface area contributed by atoms with Crippen molar-refractivity contribution in [2.24, 2.45) is 0 Å². The average Bonchev–Trinajstić information content (AvgIpc) is 3.10. The molecule has 2 aliphatic heterocycles. The van der Waals surface area contributed by atoms with Gasteiger partial charge < -0.3 is 20.3 Å². The highest BCUT2D eigenvalue weighted by molar-refractivity contribution is 5.97. The summed E-state index contributed by atoms with van der Waals surface area (Å²) in [5.74, 6) is -0.0323. The number of rotatable bonds is 4. The number of anilines is 2. The summed E-state index contributed by atoms with van der Waals surface area (Å²) in [5.41, 5.74) is 1.34. The Morgan fingerprint density at radius 3 is 2.50 bits per heavy atom. The molecule has 0 radical (unpaired) electrons. The second-order valence-corrected chi connectivity index (χ2v) is 6.15. The third-order valence-corrected chi connectivity index (χ3v) is 4.79. The molecule has 2 heterocycles. The summed E-state index contributed by atoms with van der Waals surface area (Å²) in [6.07, 6.45) is 3.91. The standard InChI is InChI=1S/C17H25N3O2.2ClH/c1-22-17(7-9-18-10-8-17)16(21)19-14-5-4-6-15(13-14)20-11-2-3-12-20;;/h4-6,13,18H,2-3,7-12H2,1H3,(H,19,21);2*1H. The number of nitrogens with one attached hydrogen (secondary N) is 2. The highest BCUT2D eigenvalue weighted by atomic mass is 35.5. The van der Waals surface area contributed by atoms with Crippen molar-refractivity contribution >= 4 is 42.1 Å². The van der Waals surface area contributed by atoms with Crippen molar-refractivity contribution in [3.8, 4) is 0 Å². The summed E-state index contributed by atoms with van der Waals surface area (Å²) in [7, 11) is 1.63. The topological polar surface area (TPSA) is 53.6 Å². The lowest BCUT2D eigenvalue weighted by Crippen LogP contribution is -2.51. The molecule has 0 spiro atoms. The minimum absolute atomic E-state index is 0. The Morgan fingerprint density at radius 1 is 1.21 bits per heavy atom. The van der Waals surface area contributed by atoms with Crippen LogP contribution in [0.3, 0.4) is 0 Å². The number of piperidine rings is 1. The van der Waals surface area contributed by atoms with Crippen LogP contribution in [0.15, 0.2) is 24.3 Å². The number of nitrogens with zero attached hydrogens (tertiary/aromatic N) is 1. The van der Waals surface area contributed by atoms with Gasteiger partial charge in [-0.25, -0.2) is 0 Å². The third kappa shape index (κ3) is 4.54. The van der Waals surface area contributed by atoms with E-state index in [2.05, 4.69) is 27.7 Å². The summed E-state index contributed by atoms with van der Waals surface area (Å²) in [6, 6.07) is 8.12. The van der Waals surface area contributed by atoms with Crippen LogP contribution in [0.25, 0.3) is 0 Å². The maximum Gasteiger partial charge on any atom is 0.256 e. The molecular formula is C17H27Cl2N3O2. The van der Waals surface area contributed by atoms with Crippen LogP contribution in [0, 0.1) is 0 Å². The van der Waals surface area contributed by atoms with Gasteiger partial charge in [0, 0.05) is 31.6 Å². The van der Waals surface area contributed by atoms with Crippen LogP contribution in [-0.2, 0) is 9.53 Å². The number of benzene rings is 1. The molecule has 2 saturated heterocycles. The molecule has 1 aromatic rings. The molecule has 0 unspecified atom stereocenters. The van der Waals surface area contributed by atoms with E-state index in [-0.39, 0.29) is 30.7 Å². The van der Waals surface area contributed by atoms with Crippen LogP contribution in [-0.4, -0.2) is 44.8 Å². The molecule has 1 aromatic carbocycles. The first-order chi connectivity index (χ1) is 10.7. The van der Waals surface area contributed by atoms with E-state index in [9.17, 15) is 4.79 Å². The van der Waals surface area contributed by atoms with Crippen LogP contribution in [0.2, 0.25) is 0 Å². The van der Waals surface area contributed by atoms with E-state index in [1.165, 1.54) is 18.5 Å². The number of halogens is 2. The van der Waals surface area contributed by atoms with Gasteiger partial charge in [0.1, 0.15) is 5.60 Å². The average molecular weight is 376 g/mol. The molecular weight excluding hydrogens is 349 g/mol. The lowest BCUT2D eigenvalue weighted by Gasteiger charge is -2.34. The van der Waals surface area contributed by atoms with Crippen LogP contribution in [0.5, 0.6) is 0 Å². The van der Waals surface area contributed by atoms with Gasteiger partial charge in [-0.05, 0) is 57.0 Å². The number of hydrogen-bond acceptors (Lipinski definition) is 4. The molecule has 2 N–H and O–H groups in total. The Morgan fingerprint density at radius 2 is 1.88 bits per heavy atom. The van der Waals surface area contributed by atoms with Crippen LogP contribution < -0.4 is 15.5 Å². The first-order valence-electron chi connectivity index (χ1n) is 8.16. The molecule has 0 saturated carbocycles. The van der Waals surface area contributed by atoms with E-state index >= 15 is 0 Å². The molecule has 136 valence electrons. The predicted molar refractivity (Wildman–Crippen MR) is 103 cm³/mol. The van der Waals surface area contributed by atoms with Gasteiger partial charge in [0.2, 0.25) is 0 Å². The molecule has 0 aliphatic carbocycles. The van der Waals surface area contributed by atoms with Crippen molar-refractivity contribution < 1.29 is 9.53 Å². The zero-order valence-electron chi connectivity index (χ0n) is 14.0. The second-order valence-electron chi connectivity index (χ2n) is 6.15. The number of methoxy groups -OCH3 is 1. The predicted octanol–water partition coefficient (Wildman–Crippen LogP) is 2.84. The molecule has 7 heteroatoms. The Kier molecular flexibility index (Phi) is 8.30. The van der Waals surface area contributed by atoms with Crippen molar-refractivity contribution in [1.29, 1.82) is 0 Å². The molecule has 1 amide bonds. The zero-order chi connectivity index (χ0) is 15.4. The number of hydrogen-bond donors (Lipinski definition) is 2.